The van der Waals surface area contributed by atoms with E-state index in [2.05, 4.69) is 11.4 Å². The van der Waals surface area contributed by atoms with Crippen molar-refractivity contribution in [1.82, 2.24) is 9.88 Å². The quantitative estimate of drug-likeness (QED) is 0.779. The number of aromatic nitrogens is 1. The first kappa shape index (κ1) is 18.9. The zero-order valence-corrected chi connectivity index (χ0v) is 18.0. The molecule has 3 heterocycles. The zero-order chi connectivity index (χ0) is 20.4. The van der Waals surface area contributed by atoms with Gasteiger partial charge in [0.1, 0.15) is 11.4 Å². The van der Waals surface area contributed by atoms with Crippen molar-refractivity contribution in [2.24, 2.45) is 5.73 Å². The number of benzene rings is 1. The number of piperidine rings is 1. The molecule has 0 bridgehead atoms. The van der Waals surface area contributed by atoms with Crippen LogP contribution in [0.25, 0.3) is 10.2 Å². The van der Waals surface area contributed by atoms with E-state index in [1.165, 1.54) is 5.56 Å². The van der Waals surface area contributed by atoms with Crippen LogP contribution >= 0.6 is 11.3 Å². The summed E-state index contributed by atoms with van der Waals surface area (Å²) in [6.07, 6.45) is 3.27. The molecule has 1 aromatic heterocycles. The summed E-state index contributed by atoms with van der Waals surface area (Å²) in [5.41, 5.74) is 7.96. The molecule has 156 valence electrons. The summed E-state index contributed by atoms with van der Waals surface area (Å²) in [7, 11) is 0. The molecule has 1 saturated carbocycles. The lowest BCUT2D eigenvalue weighted by Crippen LogP contribution is -2.64. The lowest BCUT2D eigenvalue weighted by molar-refractivity contribution is 0.00159. The van der Waals surface area contributed by atoms with E-state index >= 15 is 0 Å². The third-order valence-electron chi connectivity index (χ3n) is 6.12. The number of amides is 1. The second-order valence-corrected chi connectivity index (χ2v) is 10.3. The molecule has 1 amide bonds. The number of fused-ring (bicyclic) bond motifs is 3. The van der Waals surface area contributed by atoms with Crippen LogP contribution in [-0.4, -0.2) is 52.4 Å². The van der Waals surface area contributed by atoms with Crippen LogP contribution in [0, 0.1) is 0 Å². The minimum atomic E-state index is -0.509. The van der Waals surface area contributed by atoms with Gasteiger partial charge in [0.05, 0.1) is 28.4 Å². The van der Waals surface area contributed by atoms with Gasteiger partial charge in [-0.15, -0.1) is 0 Å². The maximum absolute atomic E-state index is 12.9. The fourth-order valence-electron chi connectivity index (χ4n) is 4.64. The molecule has 7 nitrogen and oxygen atoms in total. The summed E-state index contributed by atoms with van der Waals surface area (Å²) in [6.45, 7) is 7.06. The van der Waals surface area contributed by atoms with E-state index < -0.39 is 5.60 Å². The Morgan fingerprint density at radius 1 is 1.41 bits per heavy atom. The molecule has 5 rings (SSSR count). The van der Waals surface area contributed by atoms with E-state index in [4.69, 9.17) is 20.2 Å². The highest BCUT2D eigenvalue weighted by Gasteiger charge is 2.60. The molecule has 1 saturated heterocycles. The predicted molar refractivity (Wildman–Crippen MR) is 114 cm³/mol. The third kappa shape index (κ3) is 3.22. The molecule has 2 atom stereocenters. The lowest BCUT2D eigenvalue weighted by Gasteiger charge is -2.45. The molecule has 8 heteroatoms. The number of nitrogens with zero attached hydrogens (tertiary/aromatic N) is 2. The maximum atomic E-state index is 12.9. The van der Waals surface area contributed by atoms with Gasteiger partial charge in [0.2, 0.25) is 0 Å². The lowest BCUT2D eigenvalue weighted by atomic mass is 9.90. The van der Waals surface area contributed by atoms with Crippen LogP contribution in [-0.2, 0) is 11.2 Å². The molecule has 1 aromatic carbocycles. The van der Waals surface area contributed by atoms with Gasteiger partial charge in [-0.3, -0.25) is 0 Å². The molecule has 0 radical (unpaired) electrons. The Kier molecular flexibility index (Phi) is 4.22. The monoisotopic (exact) mass is 416 g/mol. The van der Waals surface area contributed by atoms with Gasteiger partial charge in [-0.2, -0.15) is 0 Å². The van der Waals surface area contributed by atoms with Crippen molar-refractivity contribution in [3.8, 4) is 5.75 Å². The van der Waals surface area contributed by atoms with Gasteiger partial charge >= 0.3 is 6.09 Å². The van der Waals surface area contributed by atoms with E-state index in [-0.39, 0.29) is 23.7 Å². The summed E-state index contributed by atoms with van der Waals surface area (Å²) in [6, 6.07) is 4.04. The Bertz CT molecular complexity index is 963. The third-order valence-corrected chi connectivity index (χ3v) is 7.07. The number of likely N-dealkylation sites (tertiary alicyclic amines) is 1. The maximum Gasteiger partial charge on any atom is 0.410 e. The van der Waals surface area contributed by atoms with E-state index in [1.54, 1.807) is 11.3 Å². The van der Waals surface area contributed by atoms with E-state index in [0.29, 0.717) is 6.54 Å². The first-order valence-electron chi connectivity index (χ1n) is 10.3. The van der Waals surface area contributed by atoms with Crippen LogP contribution in [0.3, 0.4) is 0 Å². The molecule has 1 aliphatic carbocycles. The Morgan fingerprint density at radius 3 is 2.93 bits per heavy atom. The van der Waals surface area contributed by atoms with Crippen molar-refractivity contribution in [2.75, 3.05) is 18.5 Å². The second kappa shape index (κ2) is 6.47. The molecule has 2 aromatic rings. The van der Waals surface area contributed by atoms with Crippen molar-refractivity contribution in [3.05, 3.63) is 17.7 Å². The highest BCUT2D eigenvalue weighted by atomic mass is 32.1. The summed E-state index contributed by atoms with van der Waals surface area (Å²) < 4.78 is 12.5. The van der Waals surface area contributed by atoms with Crippen molar-refractivity contribution in [2.45, 2.75) is 69.7 Å². The molecular formula is C21H28N4O3S. The Hall–Kier alpha value is -2.06. The number of carbonyl (C=O) groups excluding carboxylic acids is 1. The molecule has 3 aliphatic rings. The second-order valence-electron chi connectivity index (χ2n) is 9.32. The normalized spacial score (nSPS) is 25.0. The Balaban J connectivity index is 1.41. The highest BCUT2D eigenvalue weighted by molar-refractivity contribution is 7.22. The zero-order valence-electron chi connectivity index (χ0n) is 17.2. The fourth-order valence-corrected chi connectivity index (χ4v) is 5.57. The van der Waals surface area contributed by atoms with Crippen LogP contribution in [0.15, 0.2) is 12.1 Å². The van der Waals surface area contributed by atoms with Gasteiger partial charge < -0.3 is 25.4 Å². The summed E-state index contributed by atoms with van der Waals surface area (Å²) in [5.74, 6) is 0.943. The topological polar surface area (TPSA) is 89.7 Å². The van der Waals surface area contributed by atoms with E-state index in [1.807, 2.05) is 31.7 Å². The number of hydrogen-bond acceptors (Lipinski definition) is 7. The standard InChI is InChI=1S/C21H28N4O3S/c1-20(2,3)28-19(26)25-10-6-13(22)17(21(25)8-9-21)24-18-23-16-12-7-11-27-14(12)4-5-15(16)29-18/h4-5,13,17H,6-11,22H2,1-3H3,(H,23,24)/t13-,17-/m0/s1. The molecule has 2 fully saturated rings. The number of nitrogens with two attached hydrogens (primary N) is 1. The molecule has 2 aliphatic heterocycles. The number of ether oxygens (including phenoxy) is 2. The van der Waals surface area contributed by atoms with E-state index in [9.17, 15) is 4.79 Å². The SMILES string of the molecule is CC(C)(C)OC(=O)N1CC[C@H](N)[C@H](Nc2nc3c4c(ccc3s2)OCC4)C12CC2. The molecule has 3 N–H and O–H groups in total. The average molecular weight is 417 g/mol. The fraction of sp³-hybridized carbons (Fsp3) is 0.619. The summed E-state index contributed by atoms with van der Waals surface area (Å²) in [5, 5.41) is 4.46. The van der Waals surface area contributed by atoms with Crippen molar-refractivity contribution < 1.29 is 14.3 Å². The van der Waals surface area contributed by atoms with Gasteiger partial charge in [0.15, 0.2) is 5.13 Å². The molecule has 0 unspecified atom stereocenters. The average Bonchev–Trinajstić information content (AvgIpc) is 3.08. The van der Waals surface area contributed by atoms with Crippen LogP contribution in [0.4, 0.5) is 9.93 Å². The van der Waals surface area contributed by atoms with Crippen LogP contribution in [0.1, 0.15) is 45.6 Å². The number of hydrogen-bond donors (Lipinski definition) is 2. The van der Waals surface area contributed by atoms with Crippen molar-refractivity contribution in [1.29, 1.82) is 0 Å². The number of carbonyl (C=O) groups is 1. The largest absolute Gasteiger partial charge is 0.493 e. The number of nitrogens with one attached hydrogen (secondary N) is 1. The van der Waals surface area contributed by atoms with E-state index in [0.717, 1.165) is 53.4 Å². The van der Waals surface area contributed by atoms with Crippen molar-refractivity contribution >= 4 is 32.8 Å². The van der Waals surface area contributed by atoms with Gasteiger partial charge in [-0.25, -0.2) is 9.78 Å². The number of anilines is 1. The van der Waals surface area contributed by atoms with Crippen LogP contribution < -0.4 is 15.8 Å². The molecular weight excluding hydrogens is 388 g/mol. The Labute approximate surface area is 174 Å². The highest BCUT2D eigenvalue weighted by Crippen LogP contribution is 2.50. The summed E-state index contributed by atoms with van der Waals surface area (Å²) in [4.78, 5) is 19.6. The van der Waals surface area contributed by atoms with Crippen molar-refractivity contribution in [3.63, 3.8) is 0 Å². The van der Waals surface area contributed by atoms with Gasteiger partial charge in [0.25, 0.3) is 0 Å². The number of rotatable bonds is 2. The summed E-state index contributed by atoms with van der Waals surface area (Å²) >= 11 is 1.64. The smallest absolute Gasteiger partial charge is 0.410 e. The Morgan fingerprint density at radius 2 is 2.21 bits per heavy atom. The first-order chi connectivity index (χ1) is 13.8. The molecule has 1 spiro atoms. The number of thiazole rings is 1. The first-order valence-corrected chi connectivity index (χ1v) is 11.2. The predicted octanol–water partition coefficient (Wildman–Crippen LogP) is 3.51. The minimum absolute atomic E-state index is 0.0303. The van der Waals surface area contributed by atoms with Gasteiger partial charge in [-0.1, -0.05) is 11.3 Å². The van der Waals surface area contributed by atoms with Gasteiger partial charge in [0, 0.05) is 24.6 Å². The van der Waals surface area contributed by atoms with Crippen LogP contribution in [0.5, 0.6) is 5.75 Å². The minimum Gasteiger partial charge on any atom is -0.493 e. The van der Waals surface area contributed by atoms with Gasteiger partial charge in [-0.05, 0) is 52.2 Å². The molecule has 29 heavy (non-hydrogen) atoms. The van der Waals surface area contributed by atoms with Crippen LogP contribution in [0.2, 0.25) is 0 Å².